The van der Waals surface area contributed by atoms with Crippen molar-refractivity contribution in [3.63, 3.8) is 0 Å². The van der Waals surface area contributed by atoms with Crippen LogP contribution in [0.15, 0.2) is 60.3 Å². The van der Waals surface area contributed by atoms with E-state index in [-0.39, 0.29) is 37.0 Å². The molecule has 6 rings (SSSR count). The maximum absolute atomic E-state index is 13.3. The number of benzene rings is 3. The molecule has 1 aliphatic carbocycles. The van der Waals surface area contributed by atoms with Crippen LogP contribution in [0.2, 0.25) is 20.1 Å². The predicted octanol–water partition coefficient (Wildman–Crippen LogP) is 8.24. The van der Waals surface area contributed by atoms with E-state index in [0.717, 1.165) is 24.2 Å². The van der Waals surface area contributed by atoms with Crippen molar-refractivity contribution in [3.8, 4) is 17.2 Å². The first-order valence-electron chi connectivity index (χ1n) is 11.1. The Morgan fingerprint density at radius 2 is 1.61 bits per heavy atom. The van der Waals surface area contributed by atoms with Crippen molar-refractivity contribution >= 4 is 58.1 Å². The number of aromatic hydroxyl groups is 1. The van der Waals surface area contributed by atoms with Gasteiger partial charge in [-0.3, -0.25) is 0 Å². The van der Waals surface area contributed by atoms with E-state index >= 15 is 0 Å². The van der Waals surface area contributed by atoms with Crippen molar-refractivity contribution in [2.45, 2.75) is 18.4 Å². The molecule has 0 saturated carbocycles. The highest BCUT2D eigenvalue weighted by atomic mass is 35.5. The molecule has 2 aliphatic heterocycles. The number of anilines is 1. The zero-order valence-electron chi connectivity index (χ0n) is 18.7. The van der Waals surface area contributed by atoms with Crippen LogP contribution in [-0.2, 0) is 10.3 Å². The van der Waals surface area contributed by atoms with Crippen molar-refractivity contribution in [3.05, 3.63) is 103 Å². The van der Waals surface area contributed by atoms with E-state index in [1.807, 2.05) is 30.1 Å². The van der Waals surface area contributed by atoms with Crippen molar-refractivity contribution in [1.29, 1.82) is 0 Å². The van der Waals surface area contributed by atoms with Crippen molar-refractivity contribution in [2.75, 3.05) is 11.9 Å². The molecule has 0 bridgehead atoms. The largest absolute Gasteiger partial charge is 0.508 e. The quantitative estimate of drug-likeness (QED) is 0.194. The third-order valence-electron chi connectivity index (χ3n) is 6.73. The van der Waals surface area contributed by atoms with E-state index in [1.165, 1.54) is 12.1 Å². The summed E-state index contributed by atoms with van der Waals surface area (Å²) in [4.78, 5) is 15.3. The number of carbonyl (C=O) groups excluding carboxylic acids is 1. The number of hydrogen-bond acceptors (Lipinski definition) is 5. The van der Waals surface area contributed by atoms with E-state index < -0.39 is 11.6 Å². The molecule has 0 saturated heterocycles. The number of rotatable bonds is 2. The number of phenolic OH excluding ortho intramolecular Hbond substituents is 1. The first kappa shape index (κ1) is 23.6. The molecular weight excluding hydrogens is 544 g/mol. The highest BCUT2D eigenvalue weighted by Crippen LogP contribution is 2.61. The summed E-state index contributed by atoms with van der Waals surface area (Å²) in [6.45, 7) is 0. The molecule has 0 aromatic heterocycles. The third kappa shape index (κ3) is 3.20. The van der Waals surface area contributed by atoms with Crippen molar-refractivity contribution in [1.82, 2.24) is 0 Å². The summed E-state index contributed by atoms with van der Waals surface area (Å²) < 4.78 is 12.4. The molecule has 2 heterocycles. The van der Waals surface area contributed by atoms with E-state index in [2.05, 4.69) is 18.2 Å². The molecule has 3 aromatic rings. The first-order valence-corrected chi connectivity index (χ1v) is 12.6. The Bertz CT molecular complexity index is 1550. The smallest absolute Gasteiger partial charge is 0.341 e. The fourth-order valence-corrected chi connectivity index (χ4v) is 6.08. The molecule has 0 amide bonds. The minimum Gasteiger partial charge on any atom is -0.508 e. The lowest BCUT2D eigenvalue weighted by Crippen LogP contribution is -2.33. The van der Waals surface area contributed by atoms with Crippen LogP contribution < -0.4 is 9.64 Å². The van der Waals surface area contributed by atoms with Crippen LogP contribution in [0.4, 0.5) is 5.69 Å². The Hall–Kier alpha value is -2.83. The standard InChI is InChI=1S/C27H17Cl4NO4/c1-32(13-5-3-2-4-6-13)14-7-9-16-18(11-14)35-19-12-15(33)8-10-17(19)27(16)21-20(26(34)36-27)22(28)24(30)25(31)23(21)29/h3,5-12,33H,2,4H2,1H3. The minimum absolute atomic E-state index is 0.0130. The summed E-state index contributed by atoms with van der Waals surface area (Å²) in [6, 6.07) is 10.2. The second kappa shape index (κ2) is 8.35. The van der Waals surface area contributed by atoms with Crippen LogP contribution in [0.5, 0.6) is 17.2 Å². The number of carbonyl (C=O) groups is 1. The number of allylic oxidation sites excluding steroid dienone is 3. The van der Waals surface area contributed by atoms with Gasteiger partial charge in [0.2, 0.25) is 0 Å². The van der Waals surface area contributed by atoms with Gasteiger partial charge in [0.25, 0.3) is 0 Å². The Labute approximate surface area is 227 Å². The van der Waals surface area contributed by atoms with Gasteiger partial charge >= 0.3 is 5.97 Å². The summed E-state index contributed by atoms with van der Waals surface area (Å²) in [5, 5.41) is 10.2. The second-order valence-corrected chi connectivity index (χ2v) is 10.2. The highest BCUT2D eigenvalue weighted by Gasteiger charge is 2.56. The number of ether oxygens (including phenoxy) is 2. The molecule has 0 fully saturated rings. The predicted molar refractivity (Wildman–Crippen MR) is 141 cm³/mol. The van der Waals surface area contributed by atoms with Gasteiger partial charge in [0.15, 0.2) is 5.60 Å². The summed E-state index contributed by atoms with van der Waals surface area (Å²) in [5.74, 6) is 0.0247. The lowest BCUT2D eigenvalue weighted by molar-refractivity contribution is 0.0224. The average Bonchev–Trinajstić information content (AvgIpc) is 3.19. The summed E-state index contributed by atoms with van der Waals surface area (Å²) in [7, 11) is 1.96. The maximum Gasteiger partial charge on any atom is 0.341 e. The molecular formula is C27H17Cl4NO4. The van der Waals surface area contributed by atoms with Crippen LogP contribution in [0, 0.1) is 0 Å². The number of nitrogens with zero attached hydrogens (tertiary/aromatic N) is 1. The Kier molecular flexibility index (Phi) is 5.47. The van der Waals surface area contributed by atoms with E-state index in [0.29, 0.717) is 22.6 Å². The van der Waals surface area contributed by atoms with Gasteiger partial charge < -0.3 is 19.5 Å². The molecule has 3 aliphatic rings. The summed E-state index contributed by atoms with van der Waals surface area (Å²) >= 11 is 25.9. The number of hydrogen-bond donors (Lipinski definition) is 1. The number of likely N-dealkylation sites (N-methyl/N-ethyl adjacent to an activating group) is 1. The molecule has 182 valence electrons. The molecule has 1 spiro atoms. The second-order valence-electron chi connectivity index (χ2n) is 8.71. The Morgan fingerprint density at radius 3 is 2.33 bits per heavy atom. The number of phenols is 1. The average molecular weight is 561 g/mol. The van der Waals surface area contributed by atoms with Crippen LogP contribution in [0.3, 0.4) is 0 Å². The van der Waals surface area contributed by atoms with Crippen LogP contribution in [-0.4, -0.2) is 18.1 Å². The maximum atomic E-state index is 13.3. The molecule has 3 aromatic carbocycles. The fourth-order valence-electron chi connectivity index (χ4n) is 5.02. The van der Waals surface area contributed by atoms with Crippen molar-refractivity contribution < 1.29 is 19.4 Å². The fraction of sp³-hybridized carbons (Fsp3) is 0.148. The molecule has 1 unspecified atom stereocenters. The minimum atomic E-state index is -1.51. The lowest BCUT2D eigenvalue weighted by Gasteiger charge is -2.37. The van der Waals surface area contributed by atoms with E-state index in [9.17, 15) is 9.90 Å². The van der Waals surface area contributed by atoms with Crippen LogP contribution in [0.25, 0.3) is 0 Å². The number of esters is 1. The molecule has 1 atom stereocenters. The number of halogens is 4. The normalized spacial score (nSPS) is 19.2. The third-order valence-corrected chi connectivity index (χ3v) is 8.53. The molecule has 0 radical (unpaired) electrons. The van der Waals surface area contributed by atoms with Gasteiger partial charge in [-0.15, -0.1) is 0 Å². The first-order chi connectivity index (χ1) is 17.2. The van der Waals surface area contributed by atoms with E-state index in [1.54, 1.807) is 6.07 Å². The van der Waals surface area contributed by atoms with Crippen molar-refractivity contribution in [2.24, 2.45) is 0 Å². The number of fused-ring (bicyclic) bond motifs is 6. The SMILES string of the molecule is CN(C1=CCCC=C1)c1ccc2c(c1)Oc1cc(O)ccc1C21OC(=O)c2c(Cl)c(Cl)c(Cl)c(Cl)c21. The zero-order chi connectivity index (χ0) is 25.4. The van der Waals surface area contributed by atoms with Gasteiger partial charge in [-0.2, -0.15) is 0 Å². The summed E-state index contributed by atoms with van der Waals surface area (Å²) in [6.07, 6.45) is 8.33. The topological polar surface area (TPSA) is 59.0 Å². The Balaban J connectivity index is 1.63. The molecule has 5 nitrogen and oxygen atoms in total. The van der Waals surface area contributed by atoms with Gasteiger partial charge in [0.05, 0.1) is 25.7 Å². The van der Waals surface area contributed by atoms with Gasteiger partial charge in [0.1, 0.15) is 17.2 Å². The molecule has 9 heteroatoms. The Morgan fingerprint density at radius 1 is 0.917 bits per heavy atom. The lowest BCUT2D eigenvalue weighted by atomic mass is 9.77. The monoisotopic (exact) mass is 559 g/mol. The van der Waals surface area contributed by atoms with E-state index in [4.69, 9.17) is 55.9 Å². The molecule has 36 heavy (non-hydrogen) atoms. The van der Waals surface area contributed by atoms with Gasteiger partial charge in [-0.1, -0.05) is 58.6 Å². The van der Waals surface area contributed by atoms with Gasteiger partial charge in [0, 0.05) is 47.3 Å². The molecule has 1 N–H and O–H groups in total. The van der Waals surface area contributed by atoms with Gasteiger partial charge in [-0.25, -0.2) is 4.79 Å². The van der Waals surface area contributed by atoms with Crippen LogP contribution >= 0.6 is 46.4 Å². The zero-order valence-corrected chi connectivity index (χ0v) is 21.8. The van der Waals surface area contributed by atoms with Crippen LogP contribution in [0.1, 0.15) is 39.9 Å². The van der Waals surface area contributed by atoms with Gasteiger partial charge in [-0.05, 0) is 43.2 Å². The summed E-state index contributed by atoms with van der Waals surface area (Å²) in [5.41, 5.74) is 1.72. The highest BCUT2D eigenvalue weighted by molar-refractivity contribution is 6.53.